The van der Waals surface area contributed by atoms with E-state index < -0.39 is 0 Å². The highest BCUT2D eigenvalue weighted by molar-refractivity contribution is 5.81. The molecule has 0 unspecified atom stereocenters. The lowest BCUT2D eigenvalue weighted by Crippen LogP contribution is -2.45. The lowest BCUT2D eigenvalue weighted by atomic mass is 10.1. The highest BCUT2D eigenvalue weighted by atomic mass is 16.5. The van der Waals surface area contributed by atoms with Crippen molar-refractivity contribution in [2.24, 2.45) is 0 Å². The largest absolute Gasteiger partial charge is 0.376 e. The Kier molecular flexibility index (Phi) is 5.36. The Morgan fingerprint density at radius 3 is 2.86 bits per heavy atom. The summed E-state index contributed by atoms with van der Waals surface area (Å²) >= 11 is 0. The third-order valence-corrected chi connectivity index (χ3v) is 4.16. The maximum Gasteiger partial charge on any atom is 0.237 e. The number of carbonyl (C=O) groups excluding carboxylic acids is 1. The third-order valence-electron chi connectivity index (χ3n) is 4.16. The smallest absolute Gasteiger partial charge is 0.237 e. The van der Waals surface area contributed by atoms with E-state index in [0.717, 1.165) is 36.5 Å². The van der Waals surface area contributed by atoms with Gasteiger partial charge in [-0.2, -0.15) is 0 Å². The molecule has 0 aliphatic carbocycles. The van der Waals surface area contributed by atoms with Crippen molar-refractivity contribution in [3.63, 3.8) is 0 Å². The van der Waals surface area contributed by atoms with Crippen LogP contribution in [0.4, 0.5) is 0 Å². The molecule has 1 aromatic rings. The molecule has 21 heavy (non-hydrogen) atoms. The van der Waals surface area contributed by atoms with Crippen LogP contribution in [0.5, 0.6) is 0 Å². The number of aromatic nitrogens is 1. The van der Waals surface area contributed by atoms with Gasteiger partial charge in [-0.3, -0.25) is 9.69 Å². The molecule has 1 aliphatic rings. The van der Waals surface area contributed by atoms with Crippen molar-refractivity contribution in [3.8, 4) is 0 Å². The summed E-state index contributed by atoms with van der Waals surface area (Å²) in [5, 5.41) is 6.91. The zero-order valence-corrected chi connectivity index (χ0v) is 13.3. The van der Waals surface area contributed by atoms with Gasteiger partial charge in [-0.05, 0) is 40.7 Å². The Morgan fingerprint density at radius 1 is 1.52 bits per heavy atom. The second-order valence-corrected chi connectivity index (χ2v) is 5.77. The number of ether oxygens (including phenoxy) is 1. The van der Waals surface area contributed by atoms with Crippen molar-refractivity contribution in [2.45, 2.75) is 52.3 Å². The molecule has 2 heterocycles. The molecule has 1 saturated heterocycles. The van der Waals surface area contributed by atoms with Crippen LogP contribution in [0.15, 0.2) is 4.52 Å². The van der Waals surface area contributed by atoms with Crippen molar-refractivity contribution < 1.29 is 14.1 Å². The minimum Gasteiger partial charge on any atom is -0.376 e. The number of amides is 1. The van der Waals surface area contributed by atoms with E-state index in [1.54, 1.807) is 0 Å². The van der Waals surface area contributed by atoms with E-state index in [1.165, 1.54) is 0 Å². The zero-order valence-electron chi connectivity index (χ0n) is 13.3. The van der Waals surface area contributed by atoms with Gasteiger partial charge >= 0.3 is 0 Å². The van der Waals surface area contributed by atoms with Crippen molar-refractivity contribution in [1.82, 2.24) is 15.4 Å². The van der Waals surface area contributed by atoms with Gasteiger partial charge in [0, 0.05) is 25.3 Å². The van der Waals surface area contributed by atoms with E-state index >= 15 is 0 Å². The van der Waals surface area contributed by atoms with E-state index in [9.17, 15) is 4.79 Å². The van der Waals surface area contributed by atoms with Gasteiger partial charge < -0.3 is 14.6 Å². The van der Waals surface area contributed by atoms with Crippen LogP contribution in [0.25, 0.3) is 0 Å². The summed E-state index contributed by atoms with van der Waals surface area (Å²) in [5.74, 6) is 0.839. The van der Waals surface area contributed by atoms with E-state index in [-0.39, 0.29) is 18.1 Å². The number of aryl methyl sites for hydroxylation is 2. The van der Waals surface area contributed by atoms with Gasteiger partial charge in [0.1, 0.15) is 5.76 Å². The number of carbonyl (C=O) groups is 1. The molecule has 1 fully saturated rings. The van der Waals surface area contributed by atoms with Gasteiger partial charge in [-0.15, -0.1) is 0 Å². The Labute approximate surface area is 125 Å². The average Bonchev–Trinajstić information content (AvgIpc) is 3.09. The van der Waals surface area contributed by atoms with Crippen LogP contribution in [-0.2, 0) is 16.1 Å². The SMILES string of the molecule is Cc1noc(C)c1CN(C)[C@@H](C)C(=O)NC[C@@H]1CCCO1. The Morgan fingerprint density at radius 2 is 2.29 bits per heavy atom. The standard InChI is InChI=1S/C15H25N3O3/c1-10-14(12(3)21-17-10)9-18(4)11(2)15(19)16-8-13-6-5-7-20-13/h11,13H,5-9H2,1-4H3,(H,16,19)/t11-,13-/m0/s1. The van der Waals surface area contributed by atoms with Gasteiger partial charge in [-0.25, -0.2) is 0 Å². The van der Waals surface area contributed by atoms with Gasteiger partial charge in [0.15, 0.2) is 0 Å². The number of likely N-dealkylation sites (N-methyl/N-ethyl adjacent to an activating group) is 1. The predicted molar refractivity (Wildman–Crippen MR) is 78.9 cm³/mol. The van der Waals surface area contributed by atoms with Gasteiger partial charge in [0.25, 0.3) is 0 Å². The van der Waals surface area contributed by atoms with Crippen LogP contribution in [0.1, 0.15) is 36.8 Å². The van der Waals surface area contributed by atoms with Crippen LogP contribution in [0.2, 0.25) is 0 Å². The normalized spacial score (nSPS) is 20.0. The third kappa shape index (κ3) is 4.04. The summed E-state index contributed by atoms with van der Waals surface area (Å²) in [6.07, 6.45) is 2.29. The molecule has 1 amide bonds. The number of hydrogen-bond donors (Lipinski definition) is 1. The first-order chi connectivity index (χ1) is 9.99. The summed E-state index contributed by atoms with van der Waals surface area (Å²) in [6, 6.07) is -0.208. The summed E-state index contributed by atoms with van der Waals surface area (Å²) in [6.45, 7) is 7.77. The topological polar surface area (TPSA) is 67.6 Å². The Balaban J connectivity index is 1.83. The summed E-state index contributed by atoms with van der Waals surface area (Å²) < 4.78 is 10.7. The van der Waals surface area contributed by atoms with E-state index in [4.69, 9.17) is 9.26 Å². The monoisotopic (exact) mass is 295 g/mol. The number of nitrogens with one attached hydrogen (secondary N) is 1. The second-order valence-electron chi connectivity index (χ2n) is 5.77. The molecular formula is C15H25N3O3. The molecule has 6 nitrogen and oxygen atoms in total. The lowest BCUT2D eigenvalue weighted by Gasteiger charge is -2.24. The minimum atomic E-state index is -0.208. The zero-order chi connectivity index (χ0) is 15.4. The van der Waals surface area contributed by atoms with Crippen LogP contribution >= 0.6 is 0 Å². The first-order valence-electron chi connectivity index (χ1n) is 7.50. The molecule has 6 heteroatoms. The van der Waals surface area contributed by atoms with Crippen LogP contribution in [0, 0.1) is 13.8 Å². The molecular weight excluding hydrogens is 270 g/mol. The van der Waals surface area contributed by atoms with Crippen molar-refractivity contribution in [2.75, 3.05) is 20.2 Å². The first-order valence-corrected chi connectivity index (χ1v) is 7.50. The molecule has 118 valence electrons. The maximum absolute atomic E-state index is 12.2. The molecule has 1 N–H and O–H groups in total. The molecule has 0 aromatic carbocycles. The van der Waals surface area contributed by atoms with E-state index in [0.29, 0.717) is 13.1 Å². The Hall–Kier alpha value is -1.40. The van der Waals surface area contributed by atoms with Crippen LogP contribution in [-0.4, -0.2) is 48.3 Å². The Bertz CT molecular complexity index is 461. The number of rotatable bonds is 6. The maximum atomic E-state index is 12.2. The molecule has 0 radical (unpaired) electrons. The molecule has 1 aromatic heterocycles. The lowest BCUT2D eigenvalue weighted by molar-refractivity contribution is -0.126. The molecule has 1 aliphatic heterocycles. The average molecular weight is 295 g/mol. The highest BCUT2D eigenvalue weighted by Gasteiger charge is 2.22. The summed E-state index contributed by atoms with van der Waals surface area (Å²) in [4.78, 5) is 14.2. The minimum absolute atomic E-state index is 0.0276. The fourth-order valence-corrected chi connectivity index (χ4v) is 2.48. The first kappa shape index (κ1) is 16.0. The fourth-order valence-electron chi connectivity index (χ4n) is 2.48. The van der Waals surface area contributed by atoms with Crippen LogP contribution in [0.3, 0.4) is 0 Å². The molecule has 0 spiro atoms. The van der Waals surface area contributed by atoms with Crippen molar-refractivity contribution >= 4 is 5.91 Å². The summed E-state index contributed by atoms with van der Waals surface area (Å²) in [7, 11) is 1.93. The van der Waals surface area contributed by atoms with Crippen molar-refractivity contribution in [1.29, 1.82) is 0 Å². The second kappa shape index (κ2) is 7.04. The van der Waals surface area contributed by atoms with Crippen LogP contribution < -0.4 is 5.32 Å². The number of nitrogens with zero attached hydrogens (tertiary/aromatic N) is 2. The predicted octanol–water partition coefficient (Wildman–Crippen LogP) is 1.41. The molecule has 0 saturated carbocycles. The van der Waals surface area contributed by atoms with E-state index in [2.05, 4.69) is 10.5 Å². The highest BCUT2D eigenvalue weighted by Crippen LogP contribution is 2.15. The van der Waals surface area contributed by atoms with E-state index in [1.807, 2.05) is 32.7 Å². The fraction of sp³-hybridized carbons (Fsp3) is 0.733. The molecule has 0 bridgehead atoms. The quantitative estimate of drug-likeness (QED) is 0.859. The molecule has 2 rings (SSSR count). The summed E-state index contributed by atoms with van der Waals surface area (Å²) in [5.41, 5.74) is 1.93. The van der Waals surface area contributed by atoms with Gasteiger partial charge in [0.05, 0.1) is 17.8 Å². The number of hydrogen-bond acceptors (Lipinski definition) is 5. The van der Waals surface area contributed by atoms with Gasteiger partial charge in [-0.1, -0.05) is 5.16 Å². The van der Waals surface area contributed by atoms with Gasteiger partial charge in [0.2, 0.25) is 5.91 Å². The van der Waals surface area contributed by atoms with Crippen molar-refractivity contribution in [3.05, 3.63) is 17.0 Å². The molecule has 2 atom stereocenters.